The van der Waals surface area contributed by atoms with Crippen molar-refractivity contribution in [2.24, 2.45) is 0 Å². The van der Waals surface area contributed by atoms with Gasteiger partial charge in [0.25, 0.3) is 0 Å². The van der Waals surface area contributed by atoms with E-state index in [1.54, 1.807) is 0 Å². The van der Waals surface area contributed by atoms with Crippen molar-refractivity contribution in [2.75, 3.05) is 0 Å². The van der Waals surface area contributed by atoms with Crippen LogP contribution in [-0.2, 0) is 0 Å². The molecule has 0 saturated carbocycles. The summed E-state index contributed by atoms with van der Waals surface area (Å²) < 4.78 is 2.02. The molecule has 1 aromatic rings. The second-order valence-corrected chi connectivity index (χ2v) is 2.52. The highest BCUT2D eigenvalue weighted by molar-refractivity contribution is 5.41. The Labute approximate surface area is 60.9 Å². The predicted molar refractivity (Wildman–Crippen MR) is 41.1 cm³/mol. The third-order valence-corrected chi connectivity index (χ3v) is 1.42. The molecule has 52 valence electrons. The maximum absolute atomic E-state index is 6.71. The van der Waals surface area contributed by atoms with Gasteiger partial charge in [-0.05, 0) is 26.1 Å². The van der Waals surface area contributed by atoms with Gasteiger partial charge in [0, 0.05) is 12.2 Å². The van der Waals surface area contributed by atoms with Crippen molar-refractivity contribution in [3.8, 4) is 0 Å². The molecule has 0 aliphatic heterocycles. The van der Waals surface area contributed by atoms with Crippen LogP contribution >= 0.6 is 0 Å². The molecule has 0 aromatic carbocycles. The quantitative estimate of drug-likeness (QED) is 0.522. The molecule has 0 aliphatic rings. The van der Waals surface area contributed by atoms with Crippen molar-refractivity contribution in [3.05, 3.63) is 29.9 Å². The lowest BCUT2D eigenvalue weighted by atomic mass is 10.4. The molecule has 0 amide bonds. The van der Waals surface area contributed by atoms with Crippen LogP contribution in [-0.4, -0.2) is 4.57 Å². The molecule has 10 heavy (non-hydrogen) atoms. The summed E-state index contributed by atoms with van der Waals surface area (Å²) in [4.78, 5) is 3.30. The first-order valence-electron chi connectivity index (χ1n) is 3.29. The van der Waals surface area contributed by atoms with Gasteiger partial charge in [0.15, 0.2) is 0 Å². The molecule has 0 atom stereocenters. The number of aromatic nitrogens is 1. The van der Waals surface area contributed by atoms with E-state index in [1.807, 2.05) is 23.0 Å². The van der Waals surface area contributed by atoms with Crippen molar-refractivity contribution in [2.45, 2.75) is 19.9 Å². The standard InChI is InChI=1S/C8H10N2/c1-7(2)10-5-4-8(6-10)9-3/h4-7H,1-2H3. The fraction of sp³-hybridized carbons (Fsp3) is 0.375. The normalized spacial score (nSPS) is 9.80. The average molecular weight is 134 g/mol. The van der Waals surface area contributed by atoms with Crippen LogP contribution in [0.5, 0.6) is 0 Å². The van der Waals surface area contributed by atoms with Crippen molar-refractivity contribution in [1.29, 1.82) is 0 Å². The summed E-state index contributed by atoms with van der Waals surface area (Å²) in [5.41, 5.74) is 0.716. The summed E-state index contributed by atoms with van der Waals surface area (Å²) in [7, 11) is 0. The van der Waals surface area contributed by atoms with Crippen molar-refractivity contribution in [3.63, 3.8) is 0 Å². The summed E-state index contributed by atoms with van der Waals surface area (Å²) in [5.74, 6) is 0. The molecule has 2 heteroatoms. The Morgan fingerprint density at radius 2 is 2.30 bits per heavy atom. The molecule has 0 spiro atoms. The van der Waals surface area contributed by atoms with Gasteiger partial charge in [-0.2, -0.15) is 0 Å². The van der Waals surface area contributed by atoms with Crippen LogP contribution in [0.3, 0.4) is 0 Å². The molecule has 0 saturated heterocycles. The van der Waals surface area contributed by atoms with E-state index in [2.05, 4.69) is 18.7 Å². The molecule has 0 radical (unpaired) electrons. The van der Waals surface area contributed by atoms with Crippen molar-refractivity contribution >= 4 is 5.69 Å². The highest BCUT2D eigenvalue weighted by atomic mass is 15.0. The van der Waals surface area contributed by atoms with Gasteiger partial charge in [-0.3, -0.25) is 0 Å². The third kappa shape index (κ3) is 1.19. The van der Waals surface area contributed by atoms with Gasteiger partial charge in [-0.1, -0.05) is 0 Å². The smallest absolute Gasteiger partial charge is 0.204 e. The highest BCUT2D eigenvalue weighted by Crippen LogP contribution is 2.14. The van der Waals surface area contributed by atoms with Gasteiger partial charge in [-0.15, -0.1) is 0 Å². The second kappa shape index (κ2) is 2.57. The van der Waals surface area contributed by atoms with Gasteiger partial charge >= 0.3 is 0 Å². The van der Waals surface area contributed by atoms with Crippen LogP contribution in [0.15, 0.2) is 18.5 Å². The Morgan fingerprint density at radius 1 is 1.60 bits per heavy atom. The number of hydrogen-bond acceptors (Lipinski definition) is 0. The van der Waals surface area contributed by atoms with E-state index in [0.29, 0.717) is 11.7 Å². The molecular weight excluding hydrogens is 124 g/mol. The Balaban J connectivity index is 2.91. The summed E-state index contributed by atoms with van der Waals surface area (Å²) >= 11 is 0. The largest absolute Gasteiger partial charge is 0.363 e. The average Bonchev–Trinajstić information content (AvgIpc) is 2.34. The first-order valence-corrected chi connectivity index (χ1v) is 3.29. The highest BCUT2D eigenvalue weighted by Gasteiger charge is 1.96. The predicted octanol–water partition coefficient (Wildman–Crippen LogP) is 2.62. The third-order valence-electron chi connectivity index (χ3n) is 1.42. The van der Waals surface area contributed by atoms with Crippen LogP contribution < -0.4 is 0 Å². The van der Waals surface area contributed by atoms with Crippen LogP contribution in [0, 0.1) is 6.57 Å². The Morgan fingerprint density at radius 3 is 2.60 bits per heavy atom. The second-order valence-electron chi connectivity index (χ2n) is 2.52. The lowest BCUT2D eigenvalue weighted by molar-refractivity contribution is 0.604. The zero-order valence-electron chi connectivity index (χ0n) is 6.20. The Bertz CT molecular complexity index is 252. The maximum Gasteiger partial charge on any atom is 0.204 e. The van der Waals surface area contributed by atoms with Gasteiger partial charge < -0.3 is 4.57 Å². The van der Waals surface area contributed by atoms with Crippen molar-refractivity contribution < 1.29 is 0 Å². The first-order chi connectivity index (χ1) is 4.74. The topological polar surface area (TPSA) is 9.29 Å². The van der Waals surface area contributed by atoms with Gasteiger partial charge in [0.2, 0.25) is 5.69 Å². The minimum absolute atomic E-state index is 0.454. The van der Waals surface area contributed by atoms with E-state index in [4.69, 9.17) is 6.57 Å². The lowest BCUT2D eigenvalue weighted by Crippen LogP contribution is -1.94. The fourth-order valence-electron chi connectivity index (χ4n) is 0.789. The summed E-state index contributed by atoms with van der Waals surface area (Å²) in [6.07, 6.45) is 3.79. The molecule has 0 unspecified atom stereocenters. The molecule has 0 bridgehead atoms. The van der Waals surface area contributed by atoms with Crippen LogP contribution in [0.4, 0.5) is 5.69 Å². The molecule has 0 fully saturated rings. The fourth-order valence-corrected chi connectivity index (χ4v) is 0.789. The minimum Gasteiger partial charge on any atom is -0.363 e. The van der Waals surface area contributed by atoms with Crippen LogP contribution in [0.25, 0.3) is 4.85 Å². The maximum atomic E-state index is 6.71. The zero-order valence-corrected chi connectivity index (χ0v) is 6.20. The van der Waals surface area contributed by atoms with Crippen molar-refractivity contribution in [1.82, 2.24) is 4.57 Å². The Hall–Kier alpha value is -1.23. The van der Waals surface area contributed by atoms with E-state index in [9.17, 15) is 0 Å². The van der Waals surface area contributed by atoms with E-state index in [1.165, 1.54) is 0 Å². The summed E-state index contributed by atoms with van der Waals surface area (Å²) in [5, 5.41) is 0. The molecule has 0 aliphatic carbocycles. The van der Waals surface area contributed by atoms with Crippen LogP contribution in [0.1, 0.15) is 19.9 Å². The van der Waals surface area contributed by atoms with E-state index < -0.39 is 0 Å². The molecular formula is C8H10N2. The number of rotatable bonds is 1. The summed E-state index contributed by atoms with van der Waals surface area (Å²) in [6.45, 7) is 10.9. The molecule has 0 N–H and O–H groups in total. The van der Waals surface area contributed by atoms with E-state index in [0.717, 1.165) is 0 Å². The van der Waals surface area contributed by atoms with Gasteiger partial charge in [0.05, 0.1) is 6.57 Å². The monoisotopic (exact) mass is 134 g/mol. The number of hydrogen-bond donors (Lipinski definition) is 0. The molecule has 1 aromatic heterocycles. The first kappa shape index (κ1) is 6.88. The van der Waals surface area contributed by atoms with Gasteiger partial charge in [-0.25, -0.2) is 4.85 Å². The Kier molecular flexibility index (Phi) is 1.77. The summed E-state index contributed by atoms with van der Waals surface area (Å²) in [6, 6.07) is 2.28. The van der Waals surface area contributed by atoms with E-state index in [-0.39, 0.29) is 0 Å². The van der Waals surface area contributed by atoms with E-state index >= 15 is 0 Å². The number of nitrogens with zero attached hydrogens (tertiary/aromatic N) is 2. The molecule has 1 rings (SSSR count). The van der Waals surface area contributed by atoms with Gasteiger partial charge in [0.1, 0.15) is 0 Å². The SMILES string of the molecule is [C-]#[N+]c1ccn(C(C)C)c1. The van der Waals surface area contributed by atoms with Crippen LogP contribution in [0.2, 0.25) is 0 Å². The molecule has 2 nitrogen and oxygen atoms in total. The minimum atomic E-state index is 0.454. The lowest BCUT2D eigenvalue weighted by Gasteiger charge is -2.04. The zero-order chi connectivity index (χ0) is 7.56. The molecule has 1 heterocycles.